The van der Waals surface area contributed by atoms with E-state index in [4.69, 9.17) is 8.83 Å². The molecule has 0 bridgehead atoms. The van der Waals surface area contributed by atoms with Gasteiger partial charge in [-0.15, -0.1) is 16.4 Å². The SMILES string of the molecule is O=c1oc(-c2cccs2)nn1Cc1coc(-c2ccc(F)cc2)n1. The van der Waals surface area contributed by atoms with Crippen molar-refractivity contribution in [3.63, 3.8) is 0 Å². The Morgan fingerprint density at radius 2 is 2.00 bits per heavy atom. The number of benzene rings is 1. The third kappa shape index (κ3) is 2.79. The highest BCUT2D eigenvalue weighted by molar-refractivity contribution is 7.13. The van der Waals surface area contributed by atoms with E-state index < -0.39 is 5.76 Å². The van der Waals surface area contributed by atoms with E-state index in [1.807, 2.05) is 17.5 Å². The Kier molecular flexibility index (Phi) is 3.58. The molecule has 0 saturated heterocycles. The summed E-state index contributed by atoms with van der Waals surface area (Å²) in [5, 5.41) is 6.03. The van der Waals surface area contributed by atoms with E-state index in [2.05, 4.69) is 10.1 Å². The molecule has 0 spiro atoms. The first-order valence-electron chi connectivity index (χ1n) is 7.01. The average Bonchev–Trinajstić information content (AvgIpc) is 3.31. The topological polar surface area (TPSA) is 74.1 Å². The maximum absolute atomic E-state index is 13.0. The largest absolute Gasteiger partial charge is 0.444 e. The lowest BCUT2D eigenvalue weighted by molar-refractivity contribution is 0.493. The molecule has 120 valence electrons. The van der Waals surface area contributed by atoms with Gasteiger partial charge in [0.15, 0.2) is 0 Å². The number of thiophene rings is 1. The van der Waals surface area contributed by atoms with Crippen LogP contribution in [0.1, 0.15) is 5.69 Å². The molecule has 0 radical (unpaired) electrons. The van der Waals surface area contributed by atoms with Crippen LogP contribution >= 0.6 is 11.3 Å². The Labute approximate surface area is 138 Å². The Morgan fingerprint density at radius 3 is 2.75 bits per heavy atom. The fraction of sp³-hybridized carbons (Fsp3) is 0.0625. The summed E-state index contributed by atoms with van der Waals surface area (Å²) in [5.74, 6) is -0.275. The zero-order valence-electron chi connectivity index (χ0n) is 12.2. The molecule has 4 rings (SSSR count). The van der Waals surface area contributed by atoms with Gasteiger partial charge in [0.2, 0.25) is 5.89 Å². The minimum atomic E-state index is -0.565. The molecule has 0 atom stereocenters. The summed E-state index contributed by atoms with van der Waals surface area (Å²) in [6.07, 6.45) is 1.44. The van der Waals surface area contributed by atoms with Crippen molar-refractivity contribution >= 4 is 11.3 Å². The summed E-state index contributed by atoms with van der Waals surface area (Å²) in [6, 6.07) is 9.47. The Morgan fingerprint density at radius 1 is 1.17 bits per heavy atom. The van der Waals surface area contributed by atoms with Crippen molar-refractivity contribution in [1.82, 2.24) is 14.8 Å². The van der Waals surface area contributed by atoms with Crippen molar-refractivity contribution in [3.8, 4) is 22.2 Å². The monoisotopic (exact) mass is 343 g/mol. The molecule has 1 aromatic carbocycles. The number of rotatable bonds is 4. The van der Waals surface area contributed by atoms with E-state index in [0.29, 0.717) is 17.1 Å². The van der Waals surface area contributed by atoms with E-state index in [1.165, 1.54) is 34.4 Å². The third-order valence-electron chi connectivity index (χ3n) is 3.29. The molecule has 8 heteroatoms. The van der Waals surface area contributed by atoms with Gasteiger partial charge in [0.25, 0.3) is 5.89 Å². The maximum Gasteiger partial charge on any atom is 0.437 e. The zero-order chi connectivity index (χ0) is 16.5. The Balaban J connectivity index is 1.58. The molecule has 0 amide bonds. The first-order chi connectivity index (χ1) is 11.7. The molecule has 0 fully saturated rings. The second-order valence-corrected chi connectivity index (χ2v) is 5.91. The van der Waals surface area contributed by atoms with Gasteiger partial charge in [0.05, 0.1) is 11.4 Å². The highest BCUT2D eigenvalue weighted by Crippen LogP contribution is 2.22. The molecule has 3 aromatic heterocycles. The summed E-state index contributed by atoms with van der Waals surface area (Å²) in [4.78, 5) is 17.0. The van der Waals surface area contributed by atoms with Gasteiger partial charge < -0.3 is 8.83 Å². The normalized spacial score (nSPS) is 11.0. The van der Waals surface area contributed by atoms with E-state index in [0.717, 1.165) is 4.88 Å². The summed E-state index contributed by atoms with van der Waals surface area (Å²) >= 11 is 1.43. The van der Waals surface area contributed by atoms with Gasteiger partial charge in [-0.3, -0.25) is 0 Å². The van der Waals surface area contributed by atoms with Crippen LogP contribution in [-0.2, 0) is 6.54 Å². The van der Waals surface area contributed by atoms with Crippen LogP contribution in [-0.4, -0.2) is 14.8 Å². The van der Waals surface area contributed by atoms with Crippen LogP contribution in [0, 0.1) is 5.82 Å². The molecule has 0 unspecified atom stereocenters. The van der Waals surface area contributed by atoms with E-state index in [-0.39, 0.29) is 18.3 Å². The van der Waals surface area contributed by atoms with Crippen LogP contribution < -0.4 is 5.76 Å². The highest BCUT2D eigenvalue weighted by Gasteiger charge is 2.14. The third-order valence-corrected chi connectivity index (χ3v) is 4.15. The van der Waals surface area contributed by atoms with Gasteiger partial charge in [0, 0.05) is 5.56 Å². The quantitative estimate of drug-likeness (QED) is 0.568. The lowest BCUT2D eigenvalue weighted by Crippen LogP contribution is -2.16. The minimum Gasteiger partial charge on any atom is -0.444 e. The van der Waals surface area contributed by atoms with Crippen LogP contribution in [0.25, 0.3) is 22.2 Å². The van der Waals surface area contributed by atoms with E-state index in [1.54, 1.807) is 12.1 Å². The molecule has 3 heterocycles. The molecule has 4 aromatic rings. The molecule has 0 saturated carbocycles. The summed E-state index contributed by atoms with van der Waals surface area (Å²) in [5.41, 5.74) is 1.16. The molecular formula is C16H10FN3O3S. The second-order valence-electron chi connectivity index (χ2n) is 4.96. The number of halogens is 1. The van der Waals surface area contributed by atoms with Crippen molar-refractivity contribution < 1.29 is 13.2 Å². The number of aromatic nitrogens is 3. The van der Waals surface area contributed by atoms with Crippen LogP contribution in [0.15, 0.2) is 61.7 Å². The molecular weight excluding hydrogens is 333 g/mol. The van der Waals surface area contributed by atoms with Crippen LogP contribution in [0.4, 0.5) is 4.39 Å². The number of hydrogen-bond donors (Lipinski definition) is 0. The maximum atomic E-state index is 13.0. The first-order valence-corrected chi connectivity index (χ1v) is 7.89. The lowest BCUT2D eigenvalue weighted by Gasteiger charge is -1.94. The Hall–Kier alpha value is -3.00. The Bertz CT molecular complexity index is 1020. The predicted molar refractivity (Wildman–Crippen MR) is 85.1 cm³/mol. The van der Waals surface area contributed by atoms with Crippen molar-refractivity contribution in [2.45, 2.75) is 6.54 Å². The predicted octanol–water partition coefficient (Wildman–Crippen LogP) is 3.41. The molecule has 0 N–H and O–H groups in total. The summed E-state index contributed by atoms with van der Waals surface area (Å²) in [6.45, 7) is 0.123. The van der Waals surface area contributed by atoms with Crippen LogP contribution in [0.3, 0.4) is 0 Å². The molecule has 0 aliphatic carbocycles. The lowest BCUT2D eigenvalue weighted by atomic mass is 10.2. The summed E-state index contributed by atoms with van der Waals surface area (Å²) in [7, 11) is 0. The first kappa shape index (κ1) is 14.6. The molecule has 0 aliphatic heterocycles. The second kappa shape index (κ2) is 5.89. The zero-order valence-corrected chi connectivity index (χ0v) is 13.0. The fourth-order valence-corrected chi connectivity index (χ4v) is 2.81. The van der Waals surface area contributed by atoms with Crippen LogP contribution in [0.2, 0.25) is 0 Å². The van der Waals surface area contributed by atoms with E-state index in [9.17, 15) is 9.18 Å². The van der Waals surface area contributed by atoms with Gasteiger partial charge in [-0.25, -0.2) is 14.2 Å². The number of nitrogens with zero attached hydrogens (tertiary/aromatic N) is 3. The number of oxazole rings is 1. The fourth-order valence-electron chi connectivity index (χ4n) is 2.16. The number of hydrogen-bond acceptors (Lipinski definition) is 6. The van der Waals surface area contributed by atoms with E-state index >= 15 is 0 Å². The van der Waals surface area contributed by atoms with Crippen molar-refractivity contribution in [2.24, 2.45) is 0 Å². The van der Waals surface area contributed by atoms with Gasteiger partial charge in [-0.05, 0) is 35.7 Å². The standard InChI is InChI=1S/C16H10FN3O3S/c17-11-5-3-10(4-6-11)14-18-12(9-22-14)8-20-16(21)23-15(19-20)13-2-1-7-24-13/h1-7,9H,8H2. The minimum absolute atomic E-state index is 0.123. The molecule has 0 aliphatic rings. The molecule has 24 heavy (non-hydrogen) atoms. The summed E-state index contributed by atoms with van der Waals surface area (Å²) < 4.78 is 24.7. The molecule has 6 nitrogen and oxygen atoms in total. The smallest absolute Gasteiger partial charge is 0.437 e. The van der Waals surface area contributed by atoms with Gasteiger partial charge in [-0.2, -0.15) is 4.68 Å². The van der Waals surface area contributed by atoms with Crippen molar-refractivity contribution in [1.29, 1.82) is 0 Å². The average molecular weight is 343 g/mol. The highest BCUT2D eigenvalue weighted by atomic mass is 32.1. The van der Waals surface area contributed by atoms with Crippen LogP contribution in [0.5, 0.6) is 0 Å². The van der Waals surface area contributed by atoms with Gasteiger partial charge in [-0.1, -0.05) is 6.07 Å². The van der Waals surface area contributed by atoms with Crippen molar-refractivity contribution in [2.75, 3.05) is 0 Å². The van der Waals surface area contributed by atoms with Crippen molar-refractivity contribution in [3.05, 3.63) is 70.1 Å². The van der Waals surface area contributed by atoms with Gasteiger partial charge in [0.1, 0.15) is 17.8 Å². The van der Waals surface area contributed by atoms with Gasteiger partial charge >= 0.3 is 5.76 Å².